The van der Waals surface area contributed by atoms with Crippen molar-refractivity contribution in [3.63, 3.8) is 0 Å². The van der Waals surface area contributed by atoms with Crippen molar-refractivity contribution in [2.45, 2.75) is 12.4 Å². The minimum Gasteiger partial charge on any atom is -0.457 e. The normalized spacial score (nSPS) is 11.8. The standard InChI is InChI=1S/C24H16ClF6N5O2/c1-36(22(37)34-13-2-7-18(25)17(10-13)23(26,27)28)14-3-5-15(6-4-14)38-16-8-9-32-19(11-16)21-33-12-20(35-21)24(29,30)31/h2-12H,1H3,(H,33,35)(H,34,37). The second-order valence-corrected chi connectivity index (χ2v) is 8.20. The number of carbonyl (C=O) groups is 1. The van der Waals surface area contributed by atoms with Gasteiger partial charge in [-0.05, 0) is 48.5 Å². The summed E-state index contributed by atoms with van der Waals surface area (Å²) >= 11 is 5.60. The van der Waals surface area contributed by atoms with Crippen molar-refractivity contribution in [3.05, 3.63) is 83.3 Å². The molecule has 0 aliphatic heterocycles. The SMILES string of the molecule is CN(C(=O)Nc1ccc(Cl)c(C(F)(F)F)c1)c1ccc(Oc2ccnc(-c3ncc(C(F)(F)F)[nH]3)c2)cc1. The average molecular weight is 556 g/mol. The first-order chi connectivity index (χ1) is 17.8. The molecule has 0 atom stereocenters. The Bertz CT molecular complexity index is 1450. The van der Waals surface area contributed by atoms with Gasteiger partial charge >= 0.3 is 18.4 Å². The number of urea groups is 1. The van der Waals surface area contributed by atoms with Gasteiger partial charge < -0.3 is 15.0 Å². The van der Waals surface area contributed by atoms with Crippen LogP contribution in [0.25, 0.3) is 11.5 Å². The molecule has 2 heterocycles. The molecule has 0 aliphatic rings. The molecular formula is C24H16ClF6N5O2. The number of anilines is 2. The molecule has 0 aliphatic carbocycles. The molecule has 0 unspecified atom stereocenters. The van der Waals surface area contributed by atoms with Crippen LogP contribution >= 0.6 is 11.6 Å². The van der Waals surface area contributed by atoms with Crippen LogP contribution in [0.2, 0.25) is 5.02 Å². The highest BCUT2D eigenvalue weighted by Gasteiger charge is 2.34. The van der Waals surface area contributed by atoms with E-state index < -0.39 is 34.7 Å². The van der Waals surface area contributed by atoms with E-state index in [4.69, 9.17) is 16.3 Å². The summed E-state index contributed by atoms with van der Waals surface area (Å²) in [5.41, 5.74) is -1.66. The average Bonchev–Trinajstić information content (AvgIpc) is 3.36. The van der Waals surface area contributed by atoms with E-state index in [9.17, 15) is 31.1 Å². The number of aromatic amines is 1. The molecule has 7 nitrogen and oxygen atoms in total. The first kappa shape index (κ1) is 26.8. The monoisotopic (exact) mass is 555 g/mol. The van der Waals surface area contributed by atoms with Crippen molar-refractivity contribution in [2.24, 2.45) is 0 Å². The summed E-state index contributed by atoms with van der Waals surface area (Å²) in [6, 6.07) is 11.3. The first-order valence-corrected chi connectivity index (χ1v) is 11.0. The van der Waals surface area contributed by atoms with Gasteiger partial charge in [0.25, 0.3) is 0 Å². The molecule has 198 valence electrons. The second kappa shape index (κ2) is 10.2. The molecule has 0 saturated carbocycles. The zero-order chi connectivity index (χ0) is 27.7. The molecule has 2 aromatic carbocycles. The summed E-state index contributed by atoms with van der Waals surface area (Å²) < 4.78 is 83.4. The van der Waals surface area contributed by atoms with E-state index in [1.54, 1.807) is 0 Å². The number of benzene rings is 2. The Hall–Kier alpha value is -4.26. The van der Waals surface area contributed by atoms with E-state index in [0.29, 0.717) is 17.6 Å². The molecule has 0 spiro atoms. The number of ether oxygens (including phenoxy) is 1. The lowest BCUT2D eigenvalue weighted by atomic mass is 10.2. The molecule has 0 saturated heterocycles. The molecular weight excluding hydrogens is 540 g/mol. The lowest BCUT2D eigenvalue weighted by Crippen LogP contribution is -2.31. The molecule has 2 aromatic heterocycles. The number of amides is 2. The van der Waals surface area contributed by atoms with Gasteiger partial charge in [0.15, 0.2) is 5.82 Å². The maximum Gasteiger partial charge on any atom is 0.432 e. The van der Waals surface area contributed by atoms with Crippen LogP contribution in [0.4, 0.5) is 42.5 Å². The highest BCUT2D eigenvalue weighted by Crippen LogP contribution is 2.36. The van der Waals surface area contributed by atoms with Crippen molar-refractivity contribution >= 4 is 29.0 Å². The minimum absolute atomic E-state index is 0.0891. The summed E-state index contributed by atoms with van der Waals surface area (Å²) in [6.07, 6.45) is -7.25. The number of hydrogen-bond acceptors (Lipinski definition) is 4. The van der Waals surface area contributed by atoms with Crippen LogP contribution in [0.5, 0.6) is 11.5 Å². The van der Waals surface area contributed by atoms with E-state index in [2.05, 4.69) is 20.3 Å². The fourth-order valence-corrected chi connectivity index (χ4v) is 3.44. The molecule has 0 bridgehead atoms. The summed E-state index contributed by atoms with van der Waals surface area (Å²) in [5, 5.41) is 1.89. The molecule has 14 heteroatoms. The van der Waals surface area contributed by atoms with Gasteiger partial charge in [-0.25, -0.2) is 9.78 Å². The number of imidazole rings is 1. The number of pyridine rings is 1. The zero-order valence-electron chi connectivity index (χ0n) is 19.2. The van der Waals surface area contributed by atoms with Crippen molar-refractivity contribution < 1.29 is 35.9 Å². The van der Waals surface area contributed by atoms with Gasteiger partial charge in [0.2, 0.25) is 0 Å². The van der Waals surface area contributed by atoms with E-state index in [0.717, 1.165) is 12.1 Å². The highest BCUT2D eigenvalue weighted by atomic mass is 35.5. The molecule has 2 amide bonds. The van der Waals surface area contributed by atoms with Crippen LogP contribution < -0.4 is 15.0 Å². The van der Waals surface area contributed by atoms with Crippen molar-refractivity contribution in [2.75, 3.05) is 17.3 Å². The van der Waals surface area contributed by atoms with Crippen molar-refractivity contribution in [1.29, 1.82) is 0 Å². The van der Waals surface area contributed by atoms with E-state index >= 15 is 0 Å². The van der Waals surface area contributed by atoms with Crippen LogP contribution in [0, 0.1) is 0 Å². The van der Waals surface area contributed by atoms with Gasteiger partial charge in [0.05, 0.1) is 16.8 Å². The Labute approximate surface area is 216 Å². The number of halogens is 7. The Morgan fingerprint density at radius 1 is 0.947 bits per heavy atom. The molecule has 0 radical (unpaired) electrons. The lowest BCUT2D eigenvalue weighted by Gasteiger charge is -2.19. The molecule has 4 rings (SSSR count). The third-order valence-corrected chi connectivity index (χ3v) is 5.47. The van der Waals surface area contributed by atoms with E-state index in [-0.39, 0.29) is 23.0 Å². The van der Waals surface area contributed by atoms with Crippen LogP contribution in [0.3, 0.4) is 0 Å². The minimum atomic E-state index is -4.68. The van der Waals surface area contributed by atoms with Crippen LogP contribution in [-0.2, 0) is 12.4 Å². The topological polar surface area (TPSA) is 83.1 Å². The fraction of sp³-hybridized carbons (Fsp3) is 0.125. The zero-order valence-corrected chi connectivity index (χ0v) is 19.9. The number of alkyl halides is 6. The van der Waals surface area contributed by atoms with Gasteiger partial charge in [-0.15, -0.1) is 0 Å². The first-order valence-electron chi connectivity index (χ1n) is 10.6. The Morgan fingerprint density at radius 3 is 2.29 bits per heavy atom. The number of nitrogens with zero attached hydrogens (tertiary/aromatic N) is 3. The number of carbonyl (C=O) groups excluding carboxylic acids is 1. The smallest absolute Gasteiger partial charge is 0.432 e. The highest BCUT2D eigenvalue weighted by molar-refractivity contribution is 6.31. The fourth-order valence-electron chi connectivity index (χ4n) is 3.22. The molecule has 38 heavy (non-hydrogen) atoms. The lowest BCUT2D eigenvalue weighted by molar-refractivity contribution is -0.141. The summed E-state index contributed by atoms with van der Waals surface area (Å²) in [7, 11) is 1.42. The second-order valence-electron chi connectivity index (χ2n) is 7.80. The van der Waals surface area contributed by atoms with Crippen LogP contribution in [0.1, 0.15) is 11.3 Å². The summed E-state index contributed by atoms with van der Waals surface area (Å²) in [4.78, 5) is 23.6. The summed E-state index contributed by atoms with van der Waals surface area (Å²) in [5.74, 6) is 0.512. The summed E-state index contributed by atoms with van der Waals surface area (Å²) in [6.45, 7) is 0. The Morgan fingerprint density at radius 2 is 1.66 bits per heavy atom. The maximum absolute atomic E-state index is 13.1. The molecule has 4 aromatic rings. The number of rotatable bonds is 5. The molecule has 2 N–H and O–H groups in total. The maximum atomic E-state index is 13.1. The van der Waals surface area contributed by atoms with Gasteiger partial charge in [-0.1, -0.05) is 11.6 Å². The predicted molar refractivity (Wildman–Crippen MR) is 127 cm³/mol. The van der Waals surface area contributed by atoms with Gasteiger partial charge in [-0.3, -0.25) is 9.88 Å². The largest absolute Gasteiger partial charge is 0.457 e. The Kier molecular flexibility index (Phi) is 7.22. The number of hydrogen-bond donors (Lipinski definition) is 2. The third-order valence-electron chi connectivity index (χ3n) is 5.14. The number of aromatic nitrogens is 3. The van der Waals surface area contributed by atoms with Crippen molar-refractivity contribution in [1.82, 2.24) is 15.0 Å². The van der Waals surface area contributed by atoms with E-state index in [1.807, 2.05) is 0 Å². The number of H-pyrrole nitrogens is 1. The van der Waals surface area contributed by atoms with Gasteiger partial charge in [0, 0.05) is 30.7 Å². The van der Waals surface area contributed by atoms with Crippen LogP contribution in [-0.4, -0.2) is 28.0 Å². The van der Waals surface area contributed by atoms with Gasteiger partial charge in [-0.2, -0.15) is 26.3 Å². The Balaban J connectivity index is 1.43. The third kappa shape index (κ3) is 6.17. The van der Waals surface area contributed by atoms with Gasteiger partial charge in [0.1, 0.15) is 22.9 Å². The van der Waals surface area contributed by atoms with E-state index in [1.165, 1.54) is 60.6 Å². The van der Waals surface area contributed by atoms with Crippen LogP contribution in [0.15, 0.2) is 67.0 Å². The number of nitrogens with one attached hydrogen (secondary N) is 2. The molecule has 0 fully saturated rings. The quantitative estimate of drug-likeness (QED) is 0.248. The van der Waals surface area contributed by atoms with Crippen molar-refractivity contribution in [3.8, 4) is 23.0 Å². The predicted octanol–water partition coefficient (Wildman–Crippen LogP) is 7.62.